The van der Waals surface area contributed by atoms with E-state index in [9.17, 15) is 8.78 Å². The van der Waals surface area contributed by atoms with Crippen molar-refractivity contribution in [2.45, 2.75) is 6.10 Å². The highest BCUT2D eigenvalue weighted by Crippen LogP contribution is 2.18. The Kier molecular flexibility index (Phi) is 3.11. The van der Waals surface area contributed by atoms with Crippen LogP contribution < -0.4 is 4.90 Å². The fourth-order valence-corrected chi connectivity index (χ4v) is 1.62. The maximum Gasteiger partial charge on any atom is 0.165 e. The molecule has 1 atom stereocenters. The van der Waals surface area contributed by atoms with Crippen molar-refractivity contribution in [3.05, 3.63) is 24.1 Å². The average Bonchev–Trinajstić information content (AvgIpc) is 2.30. The quantitative estimate of drug-likeness (QED) is 0.744. The fourth-order valence-electron chi connectivity index (χ4n) is 1.62. The van der Waals surface area contributed by atoms with Crippen molar-refractivity contribution in [2.24, 2.45) is 0 Å². The molecule has 2 heterocycles. The van der Waals surface area contributed by atoms with Gasteiger partial charge in [-0.1, -0.05) is 0 Å². The first-order valence-electron chi connectivity index (χ1n) is 4.84. The molecule has 1 aliphatic rings. The van der Waals surface area contributed by atoms with Gasteiger partial charge in [0.25, 0.3) is 0 Å². The van der Waals surface area contributed by atoms with Gasteiger partial charge in [-0.25, -0.2) is 13.8 Å². The highest BCUT2D eigenvalue weighted by Gasteiger charge is 2.22. The summed E-state index contributed by atoms with van der Waals surface area (Å²) in [7, 11) is 0. The smallest absolute Gasteiger partial charge is 0.165 e. The largest absolute Gasteiger partial charge is 0.372 e. The zero-order valence-corrected chi connectivity index (χ0v) is 8.20. The predicted molar refractivity (Wildman–Crippen MR) is 52.1 cm³/mol. The van der Waals surface area contributed by atoms with Gasteiger partial charge in [-0.2, -0.15) is 0 Å². The molecular formula is C10H12F2N2O. The molecular weight excluding hydrogens is 202 g/mol. The summed E-state index contributed by atoms with van der Waals surface area (Å²) in [6.45, 7) is 0.754. The van der Waals surface area contributed by atoms with Crippen LogP contribution in [0, 0.1) is 5.82 Å². The first-order chi connectivity index (χ1) is 7.31. The van der Waals surface area contributed by atoms with Gasteiger partial charge in [-0.3, -0.25) is 0 Å². The number of anilines is 1. The maximum absolute atomic E-state index is 13.4. The fraction of sp³-hybridized carbons (Fsp3) is 0.500. The lowest BCUT2D eigenvalue weighted by Crippen LogP contribution is -2.44. The molecule has 0 saturated carbocycles. The zero-order valence-electron chi connectivity index (χ0n) is 8.20. The molecule has 1 aliphatic heterocycles. The number of morpholine rings is 1. The molecule has 1 aromatic rings. The summed E-state index contributed by atoms with van der Waals surface area (Å²) >= 11 is 0. The molecule has 0 unspecified atom stereocenters. The molecule has 0 radical (unpaired) electrons. The minimum atomic E-state index is -0.551. The van der Waals surface area contributed by atoms with Crippen molar-refractivity contribution in [1.29, 1.82) is 0 Å². The number of hydrogen-bond donors (Lipinski definition) is 0. The minimum absolute atomic E-state index is 0.277. The van der Waals surface area contributed by atoms with E-state index in [4.69, 9.17) is 4.74 Å². The Morgan fingerprint density at radius 1 is 1.60 bits per heavy atom. The highest BCUT2D eigenvalue weighted by molar-refractivity contribution is 5.40. The van der Waals surface area contributed by atoms with Crippen molar-refractivity contribution in [3.8, 4) is 0 Å². The van der Waals surface area contributed by atoms with Gasteiger partial charge in [-0.05, 0) is 12.1 Å². The van der Waals surface area contributed by atoms with Crippen molar-refractivity contribution in [2.75, 3.05) is 31.3 Å². The van der Waals surface area contributed by atoms with Crippen molar-refractivity contribution >= 4 is 5.82 Å². The topological polar surface area (TPSA) is 25.4 Å². The van der Waals surface area contributed by atoms with Gasteiger partial charge in [0, 0.05) is 19.3 Å². The first-order valence-corrected chi connectivity index (χ1v) is 4.84. The van der Waals surface area contributed by atoms with Crippen LogP contribution >= 0.6 is 0 Å². The number of nitrogens with zero attached hydrogens (tertiary/aromatic N) is 2. The Morgan fingerprint density at radius 3 is 3.20 bits per heavy atom. The van der Waals surface area contributed by atoms with E-state index in [0.29, 0.717) is 19.7 Å². The van der Waals surface area contributed by atoms with Crippen LogP contribution in [0.3, 0.4) is 0 Å². The van der Waals surface area contributed by atoms with E-state index in [1.165, 1.54) is 18.3 Å². The van der Waals surface area contributed by atoms with E-state index in [1.807, 2.05) is 0 Å². The minimum Gasteiger partial charge on any atom is -0.372 e. The molecule has 0 aliphatic carbocycles. The molecule has 0 N–H and O–H groups in total. The average molecular weight is 214 g/mol. The van der Waals surface area contributed by atoms with E-state index in [0.717, 1.165) is 0 Å². The molecule has 82 valence electrons. The number of pyridine rings is 1. The third-order valence-electron chi connectivity index (χ3n) is 2.35. The Labute approximate surface area is 86.7 Å². The number of ether oxygens (including phenoxy) is 1. The Balaban J connectivity index is 2.13. The molecule has 5 heteroatoms. The maximum atomic E-state index is 13.4. The highest BCUT2D eigenvalue weighted by atomic mass is 19.1. The summed E-state index contributed by atoms with van der Waals surface area (Å²) in [4.78, 5) is 5.65. The first kappa shape index (κ1) is 10.3. The Hall–Kier alpha value is -1.23. The van der Waals surface area contributed by atoms with E-state index in [1.54, 1.807) is 4.90 Å². The van der Waals surface area contributed by atoms with Gasteiger partial charge in [0.15, 0.2) is 11.6 Å². The third-order valence-corrected chi connectivity index (χ3v) is 2.35. The molecule has 2 rings (SSSR count). The number of aromatic nitrogens is 1. The van der Waals surface area contributed by atoms with Gasteiger partial charge in [0.2, 0.25) is 0 Å². The summed E-state index contributed by atoms with van der Waals surface area (Å²) in [5, 5.41) is 0. The van der Waals surface area contributed by atoms with Crippen LogP contribution in [0.15, 0.2) is 18.3 Å². The van der Waals surface area contributed by atoms with Crippen LogP contribution in [0.4, 0.5) is 14.6 Å². The van der Waals surface area contributed by atoms with E-state index in [-0.39, 0.29) is 11.6 Å². The molecule has 15 heavy (non-hydrogen) atoms. The van der Waals surface area contributed by atoms with Crippen LogP contribution in [0.5, 0.6) is 0 Å². The standard InChI is InChI=1S/C10H12F2N2O/c11-6-8-7-14(4-5-15-8)10-9(12)2-1-3-13-10/h1-3,8H,4-7H2/t8-/m0/s1. The summed E-state index contributed by atoms with van der Waals surface area (Å²) < 4.78 is 30.9. The van der Waals surface area contributed by atoms with Gasteiger partial charge >= 0.3 is 0 Å². The van der Waals surface area contributed by atoms with Gasteiger partial charge < -0.3 is 9.64 Å². The number of alkyl halides is 1. The molecule has 3 nitrogen and oxygen atoms in total. The second-order valence-electron chi connectivity index (χ2n) is 3.40. The van der Waals surface area contributed by atoms with Gasteiger partial charge in [0.05, 0.1) is 6.61 Å². The lowest BCUT2D eigenvalue weighted by Gasteiger charge is -2.32. The molecule has 1 aromatic heterocycles. The van der Waals surface area contributed by atoms with Gasteiger partial charge in [-0.15, -0.1) is 0 Å². The van der Waals surface area contributed by atoms with E-state index < -0.39 is 12.8 Å². The summed E-state index contributed by atoms with van der Waals surface area (Å²) in [5.74, 6) is -0.101. The molecule has 0 bridgehead atoms. The molecule has 1 fully saturated rings. The molecule has 0 aromatic carbocycles. The van der Waals surface area contributed by atoms with E-state index in [2.05, 4.69) is 4.98 Å². The van der Waals surface area contributed by atoms with Crippen molar-refractivity contribution in [3.63, 3.8) is 0 Å². The normalized spacial score (nSPS) is 21.7. The number of halogens is 2. The van der Waals surface area contributed by atoms with Crippen LogP contribution in [0.25, 0.3) is 0 Å². The Bertz CT molecular complexity index is 335. The van der Waals surface area contributed by atoms with E-state index >= 15 is 0 Å². The predicted octanol–water partition coefficient (Wildman–Crippen LogP) is 1.40. The van der Waals surface area contributed by atoms with Crippen LogP contribution in [0.1, 0.15) is 0 Å². The Morgan fingerprint density at radius 2 is 2.47 bits per heavy atom. The second-order valence-corrected chi connectivity index (χ2v) is 3.40. The molecule has 0 spiro atoms. The summed E-state index contributed by atoms with van der Waals surface area (Å²) in [6.07, 6.45) is 1.05. The number of rotatable bonds is 2. The molecule has 0 amide bonds. The SMILES string of the molecule is FC[C@H]1CN(c2ncccc2F)CCO1. The number of hydrogen-bond acceptors (Lipinski definition) is 3. The lowest BCUT2D eigenvalue weighted by atomic mass is 10.3. The second kappa shape index (κ2) is 4.53. The van der Waals surface area contributed by atoms with Crippen molar-refractivity contribution in [1.82, 2.24) is 4.98 Å². The van der Waals surface area contributed by atoms with Crippen molar-refractivity contribution < 1.29 is 13.5 Å². The van der Waals surface area contributed by atoms with Crippen LogP contribution in [0.2, 0.25) is 0 Å². The summed E-state index contributed by atoms with van der Waals surface area (Å²) in [5.41, 5.74) is 0. The van der Waals surface area contributed by atoms with Crippen LogP contribution in [-0.4, -0.2) is 37.5 Å². The summed E-state index contributed by atoms with van der Waals surface area (Å²) in [6, 6.07) is 2.88. The monoisotopic (exact) mass is 214 g/mol. The molecule has 1 saturated heterocycles. The lowest BCUT2D eigenvalue weighted by molar-refractivity contribution is 0.0243. The third kappa shape index (κ3) is 2.23. The van der Waals surface area contributed by atoms with Gasteiger partial charge in [0.1, 0.15) is 12.8 Å². The zero-order chi connectivity index (χ0) is 10.7. The van der Waals surface area contributed by atoms with Crippen LogP contribution in [-0.2, 0) is 4.74 Å².